The van der Waals surface area contributed by atoms with Gasteiger partial charge in [0.2, 0.25) is 0 Å². The smallest absolute Gasteiger partial charge is 0.0897 e. The summed E-state index contributed by atoms with van der Waals surface area (Å²) in [5.74, 6) is 0.509. The SMILES string of the molecule is CC(C)COCC(O)CNCC1(CCO)CC1. The molecule has 0 aromatic rings. The summed E-state index contributed by atoms with van der Waals surface area (Å²) in [6, 6.07) is 0. The van der Waals surface area contributed by atoms with Gasteiger partial charge in [0.15, 0.2) is 0 Å². The Morgan fingerprint density at radius 3 is 2.53 bits per heavy atom. The van der Waals surface area contributed by atoms with Gasteiger partial charge in [-0.15, -0.1) is 0 Å². The van der Waals surface area contributed by atoms with Gasteiger partial charge in [-0.3, -0.25) is 0 Å². The molecule has 102 valence electrons. The standard InChI is InChI=1S/C13H27NO3/c1-11(2)8-17-9-12(16)7-14-10-13(3-4-13)5-6-15/h11-12,14-16H,3-10H2,1-2H3. The molecule has 0 amide bonds. The molecule has 0 heterocycles. The summed E-state index contributed by atoms with van der Waals surface area (Å²) in [7, 11) is 0. The molecule has 1 atom stereocenters. The van der Waals surface area contributed by atoms with E-state index in [1.165, 1.54) is 12.8 Å². The zero-order valence-corrected chi connectivity index (χ0v) is 11.1. The third-order valence-corrected chi connectivity index (χ3v) is 3.24. The Morgan fingerprint density at radius 2 is 2.00 bits per heavy atom. The minimum Gasteiger partial charge on any atom is -0.396 e. The predicted octanol–water partition coefficient (Wildman–Crippen LogP) is 0.772. The van der Waals surface area contributed by atoms with Gasteiger partial charge < -0.3 is 20.3 Å². The van der Waals surface area contributed by atoms with Crippen molar-refractivity contribution in [3.63, 3.8) is 0 Å². The van der Waals surface area contributed by atoms with Gasteiger partial charge in [-0.1, -0.05) is 13.8 Å². The van der Waals surface area contributed by atoms with Gasteiger partial charge in [0, 0.05) is 26.3 Å². The van der Waals surface area contributed by atoms with Crippen molar-refractivity contribution in [3.05, 3.63) is 0 Å². The summed E-state index contributed by atoms with van der Waals surface area (Å²) in [6.45, 7) is 7.03. The van der Waals surface area contributed by atoms with E-state index in [9.17, 15) is 5.11 Å². The van der Waals surface area contributed by atoms with Gasteiger partial charge in [0.05, 0.1) is 12.7 Å². The Balaban J connectivity index is 1.98. The van der Waals surface area contributed by atoms with Gasteiger partial charge in [0.25, 0.3) is 0 Å². The number of aliphatic hydroxyl groups is 2. The molecule has 0 aliphatic heterocycles. The van der Waals surface area contributed by atoms with Crippen molar-refractivity contribution < 1.29 is 14.9 Å². The van der Waals surface area contributed by atoms with Crippen molar-refractivity contribution in [2.24, 2.45) is 11.3 Å². The summed E-state index contributed by atoms with van der Waals surface area (Å²) < 4.78 is 5.37. The fourth-order valence-corrected chi connectivity index (χ4v) is 1.93. The molecule has 3 N–H and O–H groups in total. The zero-order chi connectivity index (χ0) is 12.7. The van der Waals surface area contributed by atoms with Crippen LogP contribution in [0.3, 0.4) is 0 Å². The van der Waals surface area contributed by atoms with Crippen molar-refractivity contribution in [1.29, 1.82) is 0 Å². The highest BCUT2D eigenvalue weighted by Gasteiger charge is 2.41. The average Bonchev–Trinajstić information content (AvgIpc) is 2.98. The Labute approximate surface area is 104 Å². The van der Waals surface area contributed by atoms with Crippen LogP contribution in [0.25, 0.3) is 0 Å². The summed E-state index contributed by atoms with van der Waals surface area (Å²) in [4.78, 5) is 0. The fraction of sp³-hybridized carbons (Fsp3) is 1.00. The Hall–Kier alpha value is -0.160. The highest BCUT2D eigenvalue weighted by atomic mass is 16.5. The van der Waals surface area contributed by atoms with Gasteiger partial charge in [-0.05, 0) is 30.6 Å². The van der Waals surface area contributed by atoms with Crippen LogP contribution in [0.1, 0.15) is 33.1 Å². The molecule has 1 unspecified atom stereocenters. The lowest BCUT2D eigenvalue weighted by molar-refractivity contribution is 0.0256. The first-order chi connectivity index (χ1) is 8.08. The highest BCUT2D eigenvalue weighted by molar-refractivity contribution is 4.94. The lowest BCUT2D eigenvalue weighted by atomic mass is 10.0. The van der Waals surface area contributed by atoms with Crippen LogP contribution in [0.15, 0.2) is 0 Å². The average molecular weight is 245 g/mol. The maximum atomic E-state index is 9.67. The van der Waals surface area contributed by atoms with E-state index >= 15 is 0 Å². The number of ether oxygens (including phenoxy) is 1. The molecule has 1 saturated carbocycles. The third-order valence-electron chi connectivity index (χ3n) is 3.24. The van der Waals surface area contributed by atoms with Crippen LogP contribution < -0.4 is 5.32 Å². The third kappa shape index (κ3) is 6.36. The molecule has 4 nitrogen and oxygen atoms in total. The molecule has 1 aliphatic rings. The molecule has 1 rings (SSSR count). The number of rotatable bonds is 10. The second kappa shape index (κ2) is 7.31. The zero-order valence-electron chi connectivity index (χ0n) is 11.1. The van der Waals surface area contributed by atoms with Crippen LogP contribution in [-0.4, -0.2) is 49.2 Å². The quantitative estimate of drug-likeness (QED) is 0.532. The molecular weight excluding hydrogens is 218 g/mol. The van der Waals surface area contributed by atoms with Crippen molar-refractivity contribution in [1.82, 2.24) is 5.32 Å². The van der Waals surface area contributed by atoms with Crippen LogP contribution in [0.4, 0.5) is 0 Å². The van der Waals surface area contributed by atoms with E-state index in [0.29, 0.717) is 31.1 Å². The first-order valence-corrected chi connectivity index (χ1v) is 6.65. The van der Waals surface area contributed by atoms with E-state index in [2.05, 4.69) is 19.2 Å². The Bertz CT molecular complexity index is 205. The lowest BCUT2D eigenvalue weighted by Crippen LogP contribution is -2.34. The Morgan fingerprint density at radius 1 is 1.29 bits per heavy atom. The van der Waals surface area contributed by atoms with Gasteiger partial charge in [-0.25, -0.2) is 0 Å². The highest BCUT2D eigenvalue weighted by Crippen LogP contribution is 2.47. The molecule has 1 aliphatic carbocycles. The van der Waals surface area contributed by atoms with E-state index < -0.39 is 6.10 Å². The summed E-state index contributed by atoms with van der Waals surface area (Å²) in [5.41, 5.74) is 0.313. The number of aliphatic hydroxyl groups excluding tert-OH is 2. The van der Waals surface area contributed by atoms with Gasteiger partial charge in [0.1, 0.15) is 0 Å². The second-order valence-electron chi connectivity index (χ2n) is 5.69. The minimum atomic E-state index is -0.432. The Kier molecular flexibility index (Phi) is 6.41. The molecule has 0 bridgehead atoms. The molecule has 0 saturated heterocycles. The summed E-state index contributed by atoms with van der Waals surface area (Å²) in [6.07, 6.45) is 2.83. The summed E-state index contributed by atoms with van der Waals surface area (Å²) in [5, 5.41) is 21.9. The number of hydrogen-bond donors (Lipinski definition) is 3. The first-order valence-electron chi connectivity index (χ1n) is 6.65. The van der Waals surface area contributed by atoms with Crippen molar-refractivity contribution in [3.8, 4) is 0 Å². The fourth-order valence-electron chi connectivity index (χ4n) is 1.93. The van der Waals surface area contributed by atoms with Gasteiger partial charge >= 0.3 is 0 Å². The van der Waals surface area contributed by atoms with Gasteiger partial charge in [-0.2, -0.15) is 0 Å². The monoisotopic (exact) mass is 245 g/mol. The van der Waals surface area contributed by atoms with E-state index in [0.717, 1.165) is 13.0 Å². The van der Waals surface area contributed by atoms with Crippen LogP contribution in [0, 0.1) is 11.3 Å². The minimum absolute atomic E-state index is 0.266. The molecule has 0 aromatic carbocycles. The van der Waals surface area contributed by atoms with Crippen LogP contribution in [-0.2, 0) is 4.74 Å². The molecular formula is C13H27NO3. The molecule has 17 heavy (non-hydrogen) atoms. The molecule has 0 spiro atoms. The first kappa shape index (κ1) is 14.9. The van der Waals surface area contributed by atoms with E-state index in [-0.39, 0.29) is 6.61 Å². The number of hydrogen-bond acceptors (Lipinski definition) is 4. The van der Waals surface area contributed by atoms with E-state index in [1.807, 2.05) is 0 Å². The number of nitrogens with one attached hydrogen (secondary N) is 1. The van der Waals surface area contributed by atoms with E-state index in [1.54, 1.807) is 0 Å². The van der Waals surface area contributed by atoms with Crippen LogP contribution in [0.5, 0.6) is 0 Å². The van der Waals surface area contributed by atoms with E-state index in [4.69, 9.17) is 9.84 Å². The van der Waals surface area contributed by atoms with Crippen molar-refractivity contribution >= 4 is 0 Å². The second-order valence-corrected chi connectivity index (χ2v) is 5.69. The maximum Gasteiger partial charge on any atom is 0.0897 e. The molecule has 1 fully saturated rings. The largest absolute Gasteiger partial charge is 0.396 e. The molecule has 0 aromatic heterocycles. The normalized spacial score (nSPS) is 19.6. The van der Waals surface area contributed by atoms with Crippen LogP contribution >= 0.6 is 0 Å². The lowest BCUT2D eigenvalue weighted by Gasteiger charge is -2.17. The maximum absolute atomic E-state index is 9.67. The van der Waals surface area contributed by atoms with Crippen molar-refractivity contribution in [2.75, 3.05) is 32.9 Å². The summed E-state index contributed by atoms with van der Waals surface area (Å²) >= 11 is 0. The van der Waals surface area contributed by atoms with Crippen molar-refractivity contribution in [2.45, 2.75) is 39.2 Å². The topological polar surface area (TPSA) is 61.7 Å². The predicted molar refractivity (Wildman–Crippen MR) is 67.9 cm³/mol. The molecule has 0 radical (unpaired) electrons. The van der Waals surface area contributed by atoms with Crippen LogP contribution in [0.2, 0.25) is 0 Å². The molecule has 4 heteroatoms.